The van der Waals surface area contributed by atoms with Crippen LogP contribution in [0.5, 0.6) is 5.75 Å². The number of nitrogen functional groups attached to an aromatic ring is 1. The molecule has 1 aromatic carbocycles. The number of halogens is 1. The van der Waals surface area contributed by atoms with Crippen LogP contribution in [0.2, 0.25) is 5.02 Å². The number of hydrogen-bond donors (Lipinski definition) is 2. The van der Waals surface area contributed by atoms with Crippen LogP contribution in [0.4, 0.5) is 5.69 Å². The first-order valence-electron chi connectivity index (χ1n) is 4.37. The van der Waals surface area contributed by atoms with Gasteiger partial charge in [-0.3, -0.25) is 4.98 Å². The summed E-state index contributed by atoms with van der Waals surface area (Å²) in [6.45, 7) is 0. The van der Waals surface area contributed by atoms with Crippen LogP contribution in [0.1, 0.15) is 0 Å². The van der Waals surface area contributed by atoms with Crippen molar-refractivity contribution in [2.45, 2.75) is 0 Å². The van der Waals surface area contributed by atoms with E-state index in [-0.39, 0.29) is 5.75 Å². The van der Waals surface area contributed by atoms with E-state index in [0.717, 1.165) is 5.56 Å². The lowest BCUT2D eigenvalue weighted by atomic mass is 10.1. The van der Waals surface area contributed by atoms with Crippen molar-refractivity contribution in [2.75, 3.05) is 5.73 Å². The lowest BCUT2D eigenvalue weighted by molar-refractivity contribution is 0.475. The van der Waals surface area contributed by atoms with Crippen LogP contribution in [0.15, 0.2) is 36.5 Å². The minimum absolute atomic E-state index is 0.183. The molecule has 1 aromatic heterocycles. The van der Waals surface area contributed by atoms with Crippen molar-refractivity contribution in [1.82, 2.24) is 4.98 Å². The number of anilines is 1. The van der Waals surface area contributed by atoms with E-state index in [1.165, 1.54) is 6.20 Å². The molecule has 76 valence electrons. The van der Waals surface area contributed by atoms with E-state index in [1.54, 1.807) is 24.3 Å². The van der Waals surface area contributed by atoms with E-state index in [1.807, 2.05) is 6.07 Å². The summed E-state index contributed by atoms with van der Waals surface area (Å²) in [5, 5.41) is 9.80. The molecule has 0 aliphatic heterocycles. The number of phenols is 1. The SMILES string of the molecule is Nc1cnc(-c2cccc(O)c2)c(Cl)c1. The Bertz CT molecular complexity index is 500. The van der Waals surface area contributed by atoms with Gasteiger partial charge in [0.1, 0.15) is 5.75 Å². The first-order chi connectivity index (χ1) is 7.16. The largest absolute Gasteiger partial charge is 0.508 e. The van der Waals surface area contributed by atoms with Crippen molar-refractivity contribution in [3.8, 4) is 17.0 Å². The zero-order valence-corrected chi connectivity index (χ0v) is 8.57. The van der Waals surface area contributed by atoms with Crippen LogP contribution in [0, 0.1) is 0 Å². The Labute approximate surface area is 92.1 Å². The normalized spacial score (nSPS) is 10.2. The summed E-state index contributed by atoms with van der Waals surface area (Å²) in [5.41, 5.74) is 7.43. The number of phenolic OH excluding ortho intramolecular Hbond substituents is 1. The molecule has 3 N–H and O–H groups in total. The summed E-state index contributed by atoms with van der Waals surface area (Å²) in [6.07, 6.45) is 1.53. The lowest BCUT2D eigenvalue weighted by Crippen LogP contribution is -1.89. The van der Waals surface area contributed by atoms with Gasteiger partial charge in [0.25, 0.3) is 0 Å². The number of rotatable bonds is 1. The third-order valence-corrected chi connectivity index (χ3v) is 2.27. The predicted molar refractivity (Wildman–Crippen MR) is 60.8 cm³/mol. The van der Waals surface area contributed by atoms with Gasteiger partial charge in [-0.25, -0.2) is 0 Å². The van der Waals surface area contributed by atoms with Gasteiger partial charge in [0.2, 0.25) is 0 Å². The molecule has 0 bridgehead atoms. The van der Waals surface area contributed by atoms with E-state index in [2.05, 4.69) is 4.98 Å². The highest BCUT2D eigenvalue weighted by atomic mass is 35.5. The van der Waals surface area contributed by atoms with E-state index in [9.17, 15) is 5.11 Å². The van der Waals surface area contributed by atoms with Crippen LogP contribution in [-0.2, 0) is 0 Å². The van der Waals surface area contributed by atoms with Gasteiger partial charge < -0.3 is 10.8 Å². The first kappa shape index (κ1) is 9.80. The Balaban J connectivity index is 2.54. The van der Waals surface area contributed by atoms with E-state index in [0.29, 0.717) is 16.4 Å². The molecule has 0 fully saturated rings. The standard InChI is InChI=1S/C11H9ClN2O/c12-10-5-8(13)6-14-11(10)7-2-1-3-9(15)4-7/h1-6,15H,13H2. The minimum Gasteiger partial charge on any atom is -0.508 e. The van der Waals surface area contributed by atoms with E-state index >= 15 is 0 Å². The molecule has 1 heterocycles. The zero-order chi connectivity index (χ0) is 10.8. The van der Waals surface area contributed by atoms with Crippen LogP contribution < -0.4 is 5.73 Å². The van der Waals surface area contributed by atoms with Gasteiger partial charge in [-0.15, -0.1) is 0 Å². The Kier molecular flexibility index (Phi) is 2.47. The Morgan fingerprint density at radius 1 is 1.27 bits per heavy atom. The molecule has 2 rings (SSSR count). The third kappa shape index (κ3) is 2.02. The number of nitrogens with two attached hydrogens (primary N) is 1. The highest BCUT2D eigenvalue weighted by Crippen LogP contribution is 2.28. The molecular formula is C11H9ClN2O. The van der Waals surface area contributed by atoms with Gasteiger partial charge in [0.15, 0.2) is 0 Å². The summed E-state index contributed by atoms with van der Waals surface area (Å²) in [6, 6.07) is 8.39. The topological polar surface area (TPSA) is 59.1 Å². The fourth-order valence-electron chi connectivity index (χ4n) is 1.32. The van der Waals surface area contributed by atoms with Gasteiger partial charge >= 0.3 is 0 Å². The second-order valence-corrected chi connectivity index (χ2v) is 3.56. The molecule has 0 saturated carbocycles. The number of benzene rings is 1. The van der Waals surface area contributed by atoms with Gasteiger partial charge in [-0.1, -0.05) is 23.7 Å². The van der Waals surface area contributed by atoms with Crippen LogP contribution in [0.3, 0.4) is 0 Å². The average molecular weight is 221 g/mol. The molecule has 0 radical (unpaired) electrons. The molecule has 0 aliphatic carbocycles. The predicted octanol–water partition coefficient (Wildman–Crippen LogP) is 2.69. The Morgan fingerprint density at radius 3 is 2.73 bits per heavy atom. The van der Waals surface area contributed by atoms with Crippen molar-refractivity contribution in [3.63, 3.8) is 0 Å². The van der Waals surface area contributed by atoms with Gasteiger partial charge in [0.05, 0.1) is 22.6 Å². The first-order valence-corrected chi connectivity index (χ1v) is 4.75. The number of aromatic nitrogens is 1. The van der Waals surface area contributed by atoms with Crippen LogP contribution in [-0.4, -0.2) is 10.1 Å². The number of pyridine rings is 1. The molecule has 4 heteroatoms. The maximum atomic E-state index is 9.32. The zero-order valence-electron chi connectivity index (χ0n) is 7.81. The van der Waals surface area contributed by atoms with Crippen molar-refractivity contribution >= 4 is 17.3 Å². The summed E-state index contributed by atoms with van der Waals surface area (Å²) in [5.74, 6) is 0.183. The minimum atomic E-state index is 0.183. The van der Waals surface area contributed by atoms with Crippen molar-refractivity contribution < 1.29 is 5.11 Å². The van der Waals surface area contributed by atoms with Crippen molar-refractivity contribution in [1.29, 1.82) is 0 Å². The number of nitrogens with zero attached hydrogens (tertiary/aromatic N) is 1. The maximum Gasteiger partial charge on any atom is 0.116 e. The van der Waals surface area contributed by atoms with Crippen molar-refractivity contribution in [3.05, 3.63) is 41.6 Å². The smallest absolute Gasteiger partial charge is 0.116 e. The molecule has 0 amide bonds. The summed E-state index contributed by atoms with van der Waals surface area (Å²) >= 11 is 5.99. The summed E-state index contributed by atoms with van der Waals surface area (Å²) in [7, 11) is 0. The third-order valence-electron chi connectivity index (χ3n) is 1.98. The molecule has 0 saturated heterocycles. The average Bonchev–Trinajstić information content (AvgIpc) is 2.17. The van der Waals surface area contributed by atoms with Crippen LogP contribution >= 0.6 is 11.6 Å². The Morgan fingerprint density at radius 2 is 2.07 bits per heavy atom. The maximum absolute atomic E-state index is 9.32. The molecule has 3 nitrogen and oxygen atoms in total. The van der Waals surface area contributed by atoms with Gasteiger partial charge in [-0.05, 0) is 18.2 Å². The molecular weight excluding hydrogens is 212 g/mol. The van der Waals surface area contributed by atoms with Crippen LogP contribution in [0.25, 0.3) is 11.3 Å². The Hall–Kier alpha value is -1.74. The van der Waals surface area contributed by atoms with E-state index < -0.39 is 0 Å². The number of hydrogen-bond acceptors (Lipinski definition) is 3. The quantitative estimate of drug-likeness (QED) is 0.777. The van der Waals surface area contributed by atoms with Crippen molar-refractivity contribution in [2.24, 2.45) is 0 Å². The van der Waals surface area contributed by atoms with E-state index in [4.69, 9.17) is 17.3 Å². The molecule has 15 heavy (non-hydrogen) atoms. The molecule has 0 unspecified atom stereocenters. The molecule has 0 spiro atoms. The van der Waals surface area contributed by atoms with Gasteiger partial charge in [-0.2, -0.15) is 0 Å². The van der Waals surface area contributed by atoms with Gasteiger partial charge in [0, 0.05) is 5.56 Å². The second-order valence-electron chi connectivity index (χ2n) is 3.15. The molecule has 0 atom stereocenters. The summed E-state index contributed by atoms with van der Waals surface area (Å²) < 4.78 is 0. The summed E-state index contributed by atoms with van der Waals surface area (Å²) in [4.78, 5) is 4.12. The monoisotopic (exact) mass is 220 g/mol. The molecule has 2 aromatic rings. The number of aromatic hydroxyl groups is 1. The highest BCUT2D eigenvalue weighted by molar-refractivity contribution is 6.33. The molecule has 0 aliphatic rings. The lowest BCUT2D eigenvalue weighted by Gasteiger charge is -2.04. The fourth-order valence-corrected chi connectivity index (χ4v) is 1.60. The second kappa shape index (κ2) is 3.79. The fraction of sp³-hybridized carbons (Fsp3) is 0. The highest BCUT2D eigenvalue weighted by Gasteiger charge is 2.05.